The highest BCUT2D eigenvalue weighted by Crippen LogP contribution is 2.33. The normalized spacial score (nSPS) is 19.9. The van der Waals surface area contributed by atoms with E-state index in [0.29, 0.717) is 6.04 Å². The van der Waals surface area contributed by atoms with E-state index in [2.05, 4.69) is 47.8 Å². The van der Waals surface area contributed by atoms with Gasteiger partial charge >= 0.3 is 0 Å². The van der Waals surface area contributed by atoms with Gasteiger partial charge in [-0.25, -0.2) is 4.98 Å². The van der Waals surface area contributed by atoms with Crippen LogP contribution in [0.15, 0.2) is 21.2 Å². The minimum Gasteiger partial charge on any atom is -0.353 e. The van der Waals surface area contributed by atoms with Crippen molar-refractivity contribution >= 4 is 37.7 Å². The van der Waals surface area contributed by atoms with Gasteiger partial charge < -0.3 is 10.6 Å². The van der Waals surface area contributed by atoms with Crippen LogP contribution in [0.3, 0.4) is 0 Å². The van der Waals surface area contributed by atoms with E-state index >= 15 is 0 Å². The van der Waals surface area contributed by atoms with Crippen molar-refractivity contribution in [3.8, 4) is 0 Å². The zero-order valence-electron chi connectivity index (χ0n) is 9.70. The molecule has 2 heterocycles. The third kappa shape index (κ3) is 3.20. The van der Waals surface area contributed by atoms with Gasteiger partial charge in [0, 0.05) is 23.3 Å². The summed E-state index contributed by atoms with van der Waals surface area (Å²) in [6.07, 6.45) is 6.62. The number of aromatic nitrogens is 1. The Balaban J connectivity index is 2.14. The predicted molar refractivity (Wildman–Crippen MR) is 78.3 cm³/mol. The molecule has 2 N–H and O–H groups in total. The van der Waals surface area contributed by atoms with E-state index in [1.807, 2.05) is 6.20 Å². The molecular weight excluding hydrogens is 346 g/mol. The van der Waals surface area contributed by atoms with E-state index in [4.69, 9.17) is 5.73 Å². The molecule has 17 heavy (non-hydrogen) atoms. The van der Waals surface area contributed by atoms with Crippen molar-refractivity contribution in [1.82, 2.24) is 4.98 Å². The molecular formula is C12H17Br2N3. The van der Waals surface area contributed by atoms with Gasteiger partial charge in [0.1, 0.15) is 5.82 Å². The molecule has 1 aliphatic rings. The standard InChI is InChI=1S/C12H17Br2N3/c13-9-7-11(14)12(16-8-9)17-6-2-4-10(17)3-1-5-15/h7-8,10H,1-6,15H2. The van der Waals surface area contributed by atoms with Crippen molar-refractivity contribution in [2.75, 3.05) is 18.0 Å². The van der Waals surface area contributed by atoms with Crippen molar-refractivity contribution < 1.29 is 0 Å². The molecule has 1 aliphatic heterocycles. The van der Waals surface area contributed by atoms with E-state index < -0.39 is 0 Å². The van der Waals surface area contributed by atoms with Gasteiger partial charge in [-0.1, -0.05) is 0 Å². The van der Waals surface area contributed by atoms with Gasteiger partial charge in [-0.15, -0.1) is 0 Å². The first-order chi connectivity index (χ1) is 8.22. The molecule has 94 valence electrons. The second kappa shape index (κ2) is 6.16. The molecule has 1 aromatic heterocycles. The average Bonchev–Trinajstić information content (AvgIpc) is 2.74. The lowest BCUT2D eigenvalue weighted by Gasteiger charge is -2.26. The number of anilines is 1. The fourth-order valence-corrected chi connectivity index (χ4v) is 3.60. The Morgan fingerprint density at radius 2 is 2.29 bits per heavy atom. The van der Waals surface area contributed by atoms with E-state index in [9.17, 15) is 0 Å². The number of hydrogen-bond acceptors (Lipinski definition) is 3. The molecule has 0 aromatic carbocycles. The van der Waals surface area contributed by atoms with Crippen molar-refractivity contribution in [2.45, 2.75) is 31.7 Å². The van der Waals surface area contributed by atoms with E-state index in [0.717, 1.165) is 34.3 Å². The Hall–Kier alpha value is -0.130. The second-order valence-corrected chi connectivity index (χ2v) is 6.15. The second-order valence-electron chi connectivity index (χ2n) is 4.38. The van der Waals surface area contributed by atoms with Gasteiger partial charge in [0.05, 0.1) is 4.47 Å². The maximum Gasteiger partial charge on any atom is 0.143 e. The van der Waals surface area contributed by atoms with Crippen LogP contribution in [0.2, 0.25) is 0 Å². The summed E-state index contributed by atoms with van der Waals surface area (Å²) in [6, 6.07) is 2.66. The molecule has 1 unspecified atom stereocenters. The molecule has 2 rings (SSSR count). The Morgan fingerprint density at radius 1 is 1.47 bits per heavy atom. The van der Waals surface area contributed by atoms with Crippen LogP contribution in [-0.2, 0) is 0 Å². The summed E-state index contributed by atoms with van der Waals surface area (Å²) >= 11 is 7.03. The highest BCUT2D eigenvalue weighted by atomic mass is 79.9. The van der Waals surface area contributed by atoms with Crippen LogP contribution in [0.5, 0.6) is 0 Å². The molecule has 1 saturated heterocycles. The number of hydrogen-bond donors (Lipinski definition) is 1. The molecule has 1 fully saturated rings. The van der Waals surface area contributed by atoms with Gasteiger partial charge in [-0.3, -0.25) is 0 Å². The summed E-state index contributed by atoms with van der Waals surface area (Å²) in [5.74, 6) is 1.06. The van der Waals surface area contributed by atoms with Gasteiger partial charge in [0.2, 0.25) is 0 Å². The van der Waals surface area contributed by atoms with Crippen molar-refractivity contribution in [3.05, 3.63) is 21.2 Å². The average molecular weight is 363 g/mol. The summed E-state index contributed by atoms with van der Waals surface area (Å²) in [6.45, 7) is 1.88. The Morgan fingerprint density at radius 3 is 3.00 bits per heavy atom. The van der Waals surface area contributed by atoms with Gasteiger partial charge in [-0.2, -0.15) is 0 Å². The summed E-state index contributed by atoms with van der Waals surface area (Å²) in [5.41, 5.74) is 5.59. The summed E-state index contributed by atoms with van der Waals surface area (Å²) < 4.78 is 2.07. The lowest BCUT2D eigenvalue weighted by molar-refractivity contribution is 0.581. The lowest BCUT2D eigenvalue weighted by atomic mass is 10.1. The zero-order valence-corrected chi connectivity index (χ0v) is 12.9. The van der Waals surface area contributed by atoms with Crippen LogP contribution < -0.4 is 10.6 Å². The molecule has 3 nitrogen and oxygen atoms in total. The summed E-state index contributed by atoms with van der Waals surface area (Å²) in [4.78, 5) is 6.93. The monoisotopic (exact) mass is 361 g/mol. The number of nitrogens with zero attached hydrogens (tertiary/aromatic N) is 2. The highest BCUT2D eigenvalue weighted by Gasteiger charge is 2.26. The van der Waals surface area contributed by atoms with Crippen LogP contribution in [0, 0.1) is 0 Å². The molecule has 0 radical (unpaired) electrons. The van der Waals surface area contributed by atoms with Crippen LogP contribution in [0.1, 0.15) is 25.7 Å². The lowest BCUT2D eigenvalue weighted by Crippen LogP contribution is -2.30. The quantitative estimate of drug-likeness (QED) is 0.893. The van der Waals surface area contributed by atoms with Crippen LogP contribution >= 0.6 is 31.9 Å². The molecule has 0 saturated carbocycles. The molecule has 1 aromatic rings. The minimum atomic E-state index is 0.600. The molecule has 0 spiro atoms. The predicted octanol–water partition coefficient (Wildman–Crippen LogP) is 3.31. The smallest absolute Gasteiger partial charge is 0.143 e. The van der Waals surface area contributed by atoms with Crippen molar-refractivity contribution in [1.29, 1.82) is 0 Å². The largest absolute Gasteiger partial charge is 0.353 e. The van der Waals surface area contributed by atoms with Crippen LogP contribution in [-0.4, -0.2) is 24.1 Å². The molecule has 0 bridgehead atoms. The number of halogens is 2. The van der Waals surface area contributed by atoms with Crippen molar-refractivity contribution in [3.63, 3.8) is 0 Å². The van der Waals surface area contributed by atoms with Gasteiger partial charge in [-0.05, 0) is 70.2 Å². The first kappa shape index (κ1) is 13.3. The molecule has 0 aliphatic carbocycles. The Kier molecular flexibility index (Phi) is 4.82. The molecule has 5 heteroatoms. The fourth-order valence-electron chi connectivity index (χ4n) is 2.39. The highest BCUT2D eigenvalue weighted by molar-refractivity contribution is 9.11. The van der Waals surface area contributed by atoms with E-state index in [-0.39, 0.29) is 0 Å². The summed E-state index contributed by atoms with van der Waals surface area (Å²) in [5, 5.41) is 0. The first-order valence-electron chi connectivity index (χ1n) is 6.00. The van der Waals surface area contributed by atoms with Crippen LogP contribution in [0.25, 0.3) is 0 Å². The van der Waals surface area contributed by atoms with Gasteiger partial charge in [0.25, 0.3) is 0 Å². The third-order valence-corrected chi connectivity index (χ3v) is 4.20. The van der Waals surface area contributed by atoms with E-state index in [1.165, 1.54) is 19.3 Å². The fraction of sp³-hybridized carbons (Fsp3) is 0.583. The number of pyridine rings is 1. The Labute approximate surface area is 119 Å². The van der Waals surface area contributed by atoms with Crippen LogP contribution in [0.4, 0.5) is 5.82 Å². The van der Waals surface area contributed by atoms with E-state index in [1.54, 1.807) is 0 Å². The Bertz CT molecular complexity index is 384. The summed E-state index contributed by atoms with van der Waals surface area (Å²) in [7, 11) is 0. The third-order valence-electron chi connectivity index (χ3n) is 3.18. The van der Waals surface area contributed by atoms with Gasteiger partial charge in [0.15, 0.2) is 0 Å². The minimum absolute atomic E-state index is 0.600. The first-order valence-corrected chi connectivity index (χ1v) is 7.58. The molecule has 1 atom stereocenters. The number of nitrogens with two attached hydrogens (primary N) is 1. The van der Waals surface area contributed by atoms with Crippen molar-refractivity contribution in [2.24, 2.45) is 5.73 Å². The maximum absolute atomic E-state index is 5.59. The SMILES string of the molecule is NCCCC1CCCN1c1ncc(Br)cc1Br. The molecule has 0 amide bonds. The zero-order chi connectivity index (χ0) is 12.3. The maximum atomic E-state index is 5.59. The number of rotatable bonds is 4. The topological polar surface area (TPSA) is 42.1 Å².